The zero-order valence-electron chi connectivity index (χ0n) is 12.4. The van der Waals surface area contributed by atoms with E-state index in [0.29, 0.717) is 29.4 Å². The molecule has 2 rings (SSSR count). The number of carbonyl (C=O) groups is 1. The first-order valence-corrected chi connectivity index (χ1v) is 8.54. The fourth-order valence-electron chi connectivity index (χ4n) is 2.36. The molecule has 1 aromatic heterocycles. The van der Waals surface area contributed by atoms with Crippen LogP contribution in [-0.2, 0) is 16.0 Å². The second kappa shape index (κ2) is 8.26. The molecule has 0 radical (unpaired) electrons. The Balaban J connectivity index is 1.88. The zero-order valence-corrected chi connectivity index (χ0v) is 14.1. The van der Waals surface area contributed by atoms with E-state index in [1.54, 1.807) is 18.3 Å². The molecule has 0 saturated carbocycles. The van der Waals surface area contributed by atoms with Gasteiger partial charge in [0.15, 0.2) is 5.11 Å². The van der Waals surface area contributed by atoms with E-state index in [-0.39, 0.29) is 18.6 Å². The Morgan fingerprint density at radius 2 is 2.36 bits per heavy atom. The van der Waals surface area contributed by atoms with Gasteiger partial charge in [0.25, 0.3) is 0 Å². The van der Waals surface area contributed by atoms with Crippen LogP contribution in [0.2, 0.25) is 0 Å². The van der Waals surface area contributed by atoms with Gasteiger partial charge in [-0.1, -0.05) is 0 Å². The third kappa shape index (κ3) is 4.53. The van der Waals surface area contributed by atoms with Gasteiger partial charge in [-0.15, -0.1) is 0 Å². The number of aliphatic hydroxyl groups is 1. The highest BCUT2D eigenvalue weighted by molar-refractivity contribution is 7.80. The first-order valence-electron chi connectivity index (χ1n) is 7.19. The first-order chi connectivity index (χ1) is 10.6. The van der Waals surface area contributed by atoms with E-state index >= 15 is 0 Å². The lowest BCUT2D eigenvalue weighted by Crippen LogP contribution is -2.50. The Hall–Kier alpha value is -1.44. The highest BCUT2D eigenvalue weighted by atomic mass is 32.1. The second-order valence-corrected chi connectivity index (χ2v) is 6.26. The van der Waals surface area contributed by atoms with Crippen LogP contribution in [0.4, 0.5) is 0 Å². The van der Waals surface area contributed by atoms with E-state index in [2.05, 4.69) is 22.1 Å². The van der Waals surface area contributed by atoms with Crippen molar-refractivity contribution in [3.05, 3.63) is 33.7 Å². The maximum Gasteiger partial charge on any atom is 0.337 e. The van der Waals surface area contributed by atoms with Crippen molar-refractivity contribution in [2.24, 2.45) is 0 Å². The van der Waals surface area contributed by atoms with Gasteiger partial charge in [-0.25, -0.2) is 4.79 Å². The minimum Gasteiger partial charge on any atom is -0.462 e. The minimum atomic E-state index is -0.358. The highest BCUT2D eigenvalue weighted by Gasteiger charge is 2.29. The van der Waals surface area contributed by atoms with Crippen molar-refractivity contribution < 1.29 is 14.6 Å². The van der Waals surface area contributed by atoms with Gasteiger partial charge in [0, 0.05) is 12.3 Å². The van der Waals surface area contributed by atoms with E-state index < -0.39 is 0 Å². The summed E-state index contributed by atoms with van der Waals surface area (Å²) in [5.74, 6) is -0.358. The standard InChI is InChI=1S/C15H20N2O3S2/c1-10-13(12(4-6-18)17-15(21)16-10)14(19)20-7-2-3-11-5-8-22-9-11/h5,8-9,12,18H,2-4,6-7H2,1H3,(H2,16,17,21). The Morgan fingerprint density at radius 1 is 1.55 bits per heavy atom. The largest absolute Gasteiger partial charge is 0.462 e. The second-order valence-electron chi connectivity index (χ2n) is 5.07. The number of hydrogen-bond donors (Lipinski definition) is 3. The van der Waals surface area contributed by atoms with Crippen LogP contribution in [0.1, 0.15) is 25.3 Å². The van der Waals surface area contributed by atoms with Gasteiger partial charge in [0.2, 0.25) is 0 Å². The molecule has 5 nitrogen and oxygen atoms in total. The smallest absolute Gasteiger partial charge is 0.337 e. The van der Waals surface area contributed by atoms with Gasteiger partial charge in [0.05, 0.1) is 18.2 Å². The van der Waals surface area contributed by atoms with Gasteiger partial charge in [0.1, 0.15) is 0 Å². The van der Waals surface area contributed by atoms with Crippen molar-refractivity contribution in [1.29, 1.82) is 0 Å². The predicted molar refractivity (Wildman–Crippen MR) is 90.7 cm³/mol. The average Bonchev–Trinajstić information content (AvgIpc) is 2.96. The molecule has 0 bridgehead atoms. The van der Waals surface area contributed by atoms with Crippen LogP contribution in [0.5, 0.6) is 0 Å². The first kappa shape index (κ1) is 16.9. The fraction of sp³-hybridized carbons (Fsp3) is 0.467. The van der Waals surface area contributed by atoms with E-state index in [0.717, 1.165) is 12.8 Å². The van der Waals surface area contributed by atoms with E-state index in [1.165, 1.54) is 5.56 Å². The number of esters is 1. The van der Waals surface area contributed by atoms with Gasteiger partial charge in [-0.2, -0.15) is 11.3 Å². The topological polar surface area (TPSA) is 70.6 Å². The molecule has 22 heavy (non-hydrogen) atoms. The number of aliphatic hydroxyl groups excluding tert-OH is 1. The van der Waals surface area contributed by atoms with Crippen molar-refractivity contribution in [3.8, 4) is 0 Å². The molecule has 7 heteroatoms. The maximum atomic E-state index is 12.3. The predicted octanol–water partition coefficient (Wildman–Crippen LogP) is 1.73. The summed E-state index contributed by atoms with van der Waals surface area (Å²) in [6, 6.07) is 1.77. The van der Waals surface area contributed by atoms with Crippen molar-refractivity contribution >= 4 is 34.6 Å². The molecule has 120 valence electrons. The summed E-state index contributed by atoms with van der Waals surface area (Å²) in [7, 11) is 0. The summed E-state index contributed by atoms with van der Waals surface area (Å²) in [5.41, 5.74) is 2.46. The number of allylic oxidation sites excluding steroid dienone is 1. The van der Waals surface area contributed by atoms with Crippen LogP contribution >= 0.6 is 23.6 Å². The Kier molecular flexibility index (Phi) is 6.35. The maximum absolute atomic E-state index is 12.3. The molecular weight excluding hydrogens is 320 g/mol. The number of hydrogen-bond acceptors (Lipinski definition) is 5. The Bertz CT molecular complexity index is 555. The molecule has 0 aromatic carbocycles. The molecule has 0 fully saturated rings. The number of thiophene rings is 1. The molecule has 1 unspecified atom stereocenters. The molecule has 0 amide bonds. The number of ether oxygens (including phenoxy) is 1. The molecular formula is C15H20N2O3S2. The van der Waals surface area contributed by atoms with Crippen molar-refractivity contribution in [1.82, 2.24) is 10.6 Å². The molecule has 2 heterocycles. The van der Waals surface area contributed by atoms with Crippen LogP contribution in [0, 0.1) is 0 Å². The third-order valence-corrected chi connectivity index (χ3v) is 4.37. The highest BCUT2D eigenvalue weighted by Crippen LogP contribution is 2.17. The number of carbonyl (C=O) groups excluding carboxylic acids is 1. The molecule has 0 spiro atoms. The van der Waals surface area contributed by atoms with Gasteiger partial charge in [-0.05, 0) is 60.8 Å². The number of aryl methyl sites for hydroxylation is 1. The molecule has 1 aromatic rings. The number of rotatable bonds is 7. The lowest BCUT2D eigenvalue weighted by Gasteiger charge is -2.29. The molecule has 0 aliphatic carbocycles. The molecule has 1 atom stereocenters. The Morgan fingerprint density at radius 3 is 3.05 bits per heavy atom. The molecule has 3 N–H and O–H groups in total. The lowest BCUT2D eigenvalue weighted by molar-refractivity contribution is -0.139. The van der Waals surface area contributed by atoms with Crippen LogP contribution in [-0.4, -0.2) is 35.4 Å². The van der Waals surface area contributed by atoms with Crippen LogP contribution in [0.15, 0.2) is 28.1 Å². The Labute approximate surface area is 139 Å². The summed E-state index contributed by atoms with van der Waals surface area (Å²) < 4.78 is 5.36. The number of thiocarbonyl (C=S) groups is 1. The average molecular weight is 340 g/mol. The van der Waals surface area contributed by atoms with Crippen molar-refractivity contribution in [2.75, 3.05) is 13.2 Å². The molecule has 1 aliphatic rings. The molecule has 1 aliphatic heterocycles. The molecule has 0 saturated heterocycles. The monoisotopic (exact) mass is 340 g/mol. The SMILES string of the molecule is CC1=C(C(=O)OCCCc2ccsc2)C(CCO)NC(=S)N1. The third-order valence-electron chi connectivity index (χ3n) is 3.42. The van der Waals surface area contributed by atoms with Crippen LogP contribution in [0.25, 0.3) is 0 Å². The van der Waals surface area contributed by atoms with Crippen molar-refractivity contribution in [3.63, 3.8) is 0 Å². The van der Waals surface area contributed by atoms with Gasteiger partial charge in [-0.3, -0.25) is 0 Å². The van der Waals surface area contributed by atoms with Gasteiger partial charge < -0.3 is 20.5 Å². The summed E-state index contributed by atoms with van der Waals surface area (Å²) in [6.07, 6.45) is 2.10. The van der Waals surface area contributed by atoms with Crippen LogP contribution < -0.4 is 10.6 Å². The normalized spacial score (nSPS) is 17.9. The zero-order chi connectivity index (χ0) is 15.9. The van der Waals surface area contributed by atoms with E-state index in [1.807, 2.05) is 5.38 Å². The summed E-state index contributed by atoms with van der Waals surface area (Å²) >= 11 is 6.74. The fourth-order valence-corrected chi connectivity index (χ4v) is 3.36. The quantitative estimate of drug-likeness (QED) is 0.399. The van der Waals surface area contributed by atoms with Crippen LogP contribution in [0.3, 0.4) is 0 Å². The summed E-state index contributed by atoms with van der Waals surface area (Å²) in [5, 5.41) is 19.7. The van der Waals surface area contributed by atoms with E-state index in [9.17, 15) is 4.79 Å². The summed E-state index contributed by atoms with van der Waals surface area (Å²) in [4.78, 5) is 12.3. The lowest BCUT2D eigenvalue weighted by atomic mass is 10.0. The summed E-state index contributed by atoms with van der Waals surface area (Å²) in [6.45, 7) is 2.14. The van der Waals surface area contributed by atoms with E-state index in [4.69, 9.17) is 22.1 Å². The van der Waals surface area contributed by atoms with Gasteiger partial charge >= 0.3 is 5.97 Å². The number of nitrogens with one attached hydrogen (secondary N) is 2. The van der Waals surface area contributed by atoms with Crippen molar-refractivity contribution in [2.45, 2.75) is 32.2 Å². The minimum absolute atomic E-state index is 0.0253.